The molecule has 0 saturated heterocycles. The SMILES string of the molecule is O=C(COC(=O)c1ccc(Br)o1)Nc1cc(F)ccc1F. The van der Waals surface area contributed by atoms with Crippen molar-refractivity contribution in [1.29, 1.82) is 0 Å². The van der Waals surface area contributed by atoms with E-state index >= 15 is 0 Å². The topological polar surface area (TPSA) is 68.5 Å². The first-order chi connectivity index (χ1) is 9.95. The molecule has 0 unspecified atom stereocenters. The Morgan fingerprint density at radius 1 is 1.24 bits per heavy atom. The van der Waals surface area contributed by atoms with Crippen molar-refractivity contribution in [1.82, 2.24) is 0 Å². The summed E-state index contributed by atoms with van der Waals surface area (Å²) in [6.45, 7) is -0.660. The number of carbonyl (C=O) groups is 2. The third kappa shape index (κ3) is 4.12. The van der Waals surface area contributed by atoms with Crippen LogP contribution in [0.15, 0.2) is 39.4 Å². The minimum atomic E-state index is -0.851. The van der Waals surface area contributed by atoms with Crippen LogP contribution in [0.1, 0.15) is 10.6 Å². The molecule has 0 aliphatic heterocycles. The summed E-state index contributed by atoms with van der Waals surface area (Å²) in [6.07, 6.45) is 0. The number of benzene rings is 1. The van der Waals surface area contributed by atoms with Crippen LogP contribution >= 0.6 is 15.9 Å². The van der Waals surface area contributed by atoms with E-state index in [4.69, 9.17) is 4.42 Å². The van der Waals surface area contributed by atoms with E-state index < -0.39 is 30.1 Å². The fourth-order valence-electron chi connectivity index (χ4n) is 1.41. The fraction of sp³-hybridized carbons (Fsp3) is 0.0769. The molecule has 0 fully saturated rings. The molecule has 0 spiro atoms. The van der Waals surface area contributed by atoms with Gasteiger partial charge in [0.15, 0.2) is 11.3 Å². The number of amides is 1. The van der Waals surface area contributed by atoms with E-state index in [1.54, 1.807) is 0 Å². The second kappa shape index (κ2) is 6.49. The Hall–Kier alpha value is -2.22. The maximum absolute atomic E-state index is 13.3. The molecule has 21 heavy (non-hydrogen) atoms. The highest BCUT2D eigenvalue weighted by atomic mass is 79.9. The Morgan fingerprint density at radius 3 is 2.67 bits per heavy atom. The van der Waals surface area contributed by atoms with E-state index in [9.17, 15) is 18.4 Å². The van der Waals surface area contributed by atoms with Gasteiger partial charge in [0.2, 0.25) is 5.76 Å². The molecule has 2 rings (SSSR count). The number of rotatable bonds is 4. The number of halogens is 3. The summed E-state index contributed by atoms with van der Waals surface area (Å²) in [5.41, 5.74) is -0.336. The Bertz CT molecular complexity index is 687. The number of hydrogen-bond donors (Lipinski definition) is 1. The van der Waals surface area contributed by atoms with Crippen molar-refractivity contribution >= 4 is 33.5 Å². The van der Waals surface area contributed by atoms with Gasteiger partial charge in [-0.1, -0.05) is 0 Å². The fourth-order valence-corrected chi connectivity index (χ4v) is 1.71. The van der Waals surface area contributed by atoms with Crippen molar-refractivity contribution in [3.63, 3.8) is 0 Å². The molecule has 1 amide bonds. The van der Waals surface area contributed by atoms with Crippen LogP contribution in [0.3, 0.4) is 0 Å². The maximum atomic E-state index is 13.3. The second-order valence-corrected chi connectivity index (χ2v) is 4.63. The Morgan fingerprint density at radius 2 is 2.00 bits per heavy atom. The van der Waals surface area contributed by atoms with Crippen molar-refractivity contribution in [2.75, 3.05) is 11.9 Å². The van der Waals surface area contributed by atoms with E-state index in [0.717, 1.165) is 18.2 Å². The van der Waals surface area contributed by atoms with Gasteiger partial charge >= 0.3 is 5.97 Å². The van der Waals surface area contributed by atoms with Crippen LogP contribution in [0.25, 0.3) is 0 Å². The molecule has 0 saturated carbocycles. The molecule has 0 aliphatic rings. The molecule has 0 aliphatic carbocycles. The zero-order valence-corrected chi connectivity index (χ0v) is 11.9. The molecule has 1 aromatic carbocycles. The highest BCUT2D eigenvalue weighted by Gasteiger charge is 2.15. The van der Waals surface area contributed by atoms with Crippen LogP contribution in [0, 0.1) is 11.6 Å². The van der Waals surface area contributed by atoms with Crippen LogP contribution in [-0.2, 0) is 9.53 Å². The quantitative estimate of drug-likeness (QED) is 0.851. The number of nitrogens with one attached hydrogen (secondary N) is 1. The summed E-state index contributed by atoms with van der Waals surface area (Å²) >= 11 is 3.01. The van der Waals surface area contributed by atoms with Gasteiger partial charge < -0.3 is 14.5 Å². The van der Waals surface area contributed by atoms with Crippen molar-refractivity contribution < 1.29 is 27.5 Å². The molecule has 1 N–H and O–H groups in total. The molecule has 1 heterocycles. The number of esters is 1. The van der Waals surface area contributed by atoms with Crippen molar-refractivity contribution in [2.45, 2.75) is 0 Å². The van der Waals surface area contributed by atoms with E-state index in [0.29, 0.717) is 4.67 Å². The summed E-state index contributed by atoms with van der Waals surface area (Å²) in [4.78, 5) is 23.0. The predicted octanol–water partition coefficient (Wildman–Crippen LogP) is 3.12. The van der Waals surface area contributed by atoms with Gasteiger partial charge in [-0.3, -0.25) is 4.79 Å². The molecule has 2 aromatic rings. The van der Waals surface area contributed by atoms with Gasteiger partial charge in [-0.2, -0.15) is 0 Å². The molecule has 0 bridgehead atoms. The van der Waals surface area contributed by atoms with E-state index in [1.807, 2.05) is 0 Å². The smallest absolute Gasteiger partial charge is 0.374 e. The molecular weight excluding hydrogens is 352 g/mol. The second-order valence-electron chi connectivity index (χ2n) is 3.85. The van der Waals surface area contributed by atoms with Gasteiger partial charge in [-0.25, -0.2) is 13.6 Å². The Labute approximate surface area is 126 Å². The highest BCUT2D eigenvalue weighted by molar-refractivity contribution is 9.10. The molecule has 5 nitrogen and oxygen atoms in total. The zero-order chi connectivity index (χ0) is 15.4. The standard InChI is InChI=1S/C13H8BrF2NO4/c14-11-4-3-10(21-11)13(19)20-6-12(18)17-9-5-7(15)1-2-8(9)16/h1-5H,6H2,(H,17,18). The lowest BCUT2D eigenvalue weighted by Gasteiger charge is -2.06. The Kier molecular flexibility index (Phi) is 4.69. The average molecular weight is 360 g/mol. The average Bonchev–Trinajstić information content (AvgIpc) is 2.87. The summed E-state index contributed by atoms with van der Waals surface area (Å²) in [5, 5.41) is 2.09. The van der Waals surface area contributed by atoms with Gasteiger partial charge in [-0.05, 0) is 40.2 Å². The largest absolute Gasteiger partial charge is 0.450 e. The van der Waals surface area contributed by atoms with Crippen molar-refractivity contribution in [2.24, 2.45) is 0 Å². The molecule has 0 radical (unpaired) electrons. The molecule has 0 atom stereocenters. The van der Waals surface area contributed by atoms with Crippen LogP contribution in [0.5, 0.6) is 0 Å². The number of furan rings is 1. The van der Waals surface area contributed by atoms with Crippen molar-refractivity contribution in [3.8, 4) is 0 Å². The van der Waals surface area contributed by atoms with Gasteiger partial charge in [0.05, 0.1) is 5.69 Å². The first-order valence-electron chi connectivity index (χ1n) is 5.63. The lowest BCUT2D eigenvalue weighted by Crippen LogP contribution is -2.21. The first-order valence-corrected chi connectivity index (χ1v) is 6.42. The lowest BCUT2D eigenvalue weighted by atomic mass is 10.3. The first kappa shape index (κ1) is 15.2. The maximum Gasteiger partial charge on any atom is 0.374 e. The summed E-state index contributed by atoms with van der Waals surface area (Å²) in [6, 6.07) is 5.45. The van der Waals surface area contributed by atoms with Gasteiger partial charge in [0.25, 0.3) is 5.91 Å². The molecular formula is C13H8BrF2NO4. The minimum Gasteiger partial charge on any atom is -0.450 e. The third-order valence-corrected chi connectivity index (χ3v) is 2.74. The Balaban J connectivity index is 1.90. The normalized spacial score (nSPS) is 10.2. The summed E-state index contributed by atoms with van der Waals surface area (Å²) in [7, 11) is 0. The summed E-state index contributed by atoms with van der Waals surface area (Å²) in [5.74, 6) is -3.25. The zero-order valence-electron chi connectivity index (χ0n) is 10.4. The van der Waals surface area contributed by atoms with E-state index in [-0.39, 0.29) is 11.4 Å². The summed E-state index contributed by atoms with van der Waals surface area (Å²) < 4.78 is 36.1. The molecule has 8 heteroatoms. The van der Waals surface area contributed by atoms with Gasteiger partial charge in [0, 0.05) is 6.07 Å². The van der Waals surface area contributed by atoms with Crippen LogP contribution in [0.2, 0.25) is 0 Å². The predicted molar refractivity (Wildman–Crippen MR) is 71.7 cm³/mol. The lowest BCUT2D eigenvalue weighted by molar-refractivity contribution is -0.119. The minimum absolute atomic E-state index is 0.0911. The number of anilines is 1. The molecule has 110 valence electrons. The van der Waals surface area contributed by atoms with Crippen LogP contribution in [-0.4, -0.2) is 18.5 Å². The number of hydrogen-bond acceptors (Lipinski definition) is 4. The van der Waals surface area contributed by atoms with Gasteiger partial charge in [0.1, 0.15) is 11.6 Å². The molecule has 1 aromatic heterocycles. The monoisotopic (exact) mass is 359 g/mol. The third-order valence-electron chi connectivity index (χ3n) is 2.31. The van der Waals surface area contributed by atoms with E-state index in [2.05, 4.69) is 26.0 Å². The van der Waals surface area contributed by atoms with Gasteiger partial charge in [-0.15, -0.1) is 0 Å². The highest BCUT2D eigenvalue weighted by Crippen LogP contribution is 2.16. The van der Waals surface area contributed by atoms with Crippen LogP contribution in [0.4, 0.5) is 14.5 Å². The van der Waals surface area contributed by atoms with E-state index in [1.165, 1.54) is 12.1 Å². The number of ether oxygens (including phenoxy) is 1. The van der Waals surface area contributed by atoms with Crippen molar-refractivity contribution in [3.05, 3.63) is 52.4 Å². The number of carbonyl (C=O) groups excluding carboxylic acids is 2. The van der Waals surface area contributed by atoms with Crippen LogP contribution < -0.4 is 5.32 Å².